The van der Waals surface area contributed by atoms with E-state index in [-0.39, 0.29) is 0 Å². The lowest BCUT2D eigenvalue weighted by Gasteiger charge is -2.47. The third kappa shape index (κ3) is 2.67. The number of H-pyrrole nitrogens is 1. The lowest BCUT2D eigenvalue weighted by Crippen LogP contribution is -2.51. The molecule has 1 aliphatic heterocycles. The third-order valence-corrected chi connectivity index (χ3v) is 7.42. The predicted molar refractivity (Wildman–Crippen MR) is 109 cm³/mol. The van der Waals surface area contributed by atoms with E-state index in [2.05, 4.69) is 40.9 Å². The Hall–Kier alpha value is -1.19. The Morgan fingerprint density at radius 2 is 2.20 bits per heavy atom. The zero-order chi connectivity index (χ0) is 17.0. The van der Waals surface area contributed by atoms with Gasteiger partial charge in [-0.1, -0.05) is 18.7 Å². The summed E-state index contributed by atoms with van der Waals surface area (Å²) in [6, 6.07) is 7.57. The molecule has 3 aliphatic rings. The number of thioether (sulfide) groups is 1. The topological polar surface area (TPSA) is 19.0 Å². The van der Waals surface area contributed by atoms with Crippen LogP contribution in [-0.4, -0.2) is 41.0 Å². The molecule has 25 heavy (non-hydrogen) atoms. The van der Waals surface area contributed by atoms with Crippen LogP contribution in [0.4, 0.5) is 0 Å². The summed E-state index contributed by atoms with van der Waals surface area (Å²) in [6.45, 7) is 6.69. The summed E-state index contributed by atoms with van der Waals surface area (Å²) in [5.41, 5.74) is 5.67. The van der Waals surface area contributed by atoms with E-state index in [4.69, 9.17) is 0 Å². The molecule has 2 fully saturated rings. The Balaban J connectivity index is 1.59. The summed E-state index contributed by atoms with van der Waals surface area (Å²) in [6.07, 6.45) is 9.74. The van der Waals surface area contributed by atoms with Gasteiger partial charge in [-0.15, -0.1) is 0 Å². The largest absolute Gasteiger partial charge is 0.355 e. The van der Waals surface area contributed by atoms with E-state index in [0.29, 0.717) is 12.0 Å². The number of aromatic amines is 1. The van der Waals surface area contributed by atoms with Gasteiger partial charge in [-0.25, -0.2) is 0 Å². The Morgan fingerprint density at radius 1 is 1.32 bits per heavy atom. The quantitative estimate of drug-likeness (QED) is 0.824. The van der Waals surface area contributed by atoms with Gasteiger partial charge in [0, 0.05) is 41.6 Å². The Labute approximate surface area is 155 Å². The number of nitrogens with one attached hydrogen (secondary N) is 1. The van der Waals surface area contributed by atoms with Crippen molar-refractivity contribution in [3.8, 4) is 0 Å². The van der Waals surface area contributed by atoms with Crippen molar-refractivity contribution < 1.29 is 0 Å². The minimum atomic E-state index is 0.686. The van der Waals surface area contributed by atoms with E-state index in [1.165, 1.54) is 66.7 Å². The van der Waals surface area contributed by atoms with E-state index in [1.54, 1.807) is 5.56 Å². The number of likely N-dealkylation sites (tertiary alicyclic amines) is 1. The molecule has 1 aromatic carbocycles. The average Bonchev–Trinajstić information content (AvgIpc) is 3.36. The van der Waals surface area contributed by atoms with Crippen LogP contribution in [0.1, 0.15) is 42.0 Å². The molecule has 1 saturated carbocycles. The van der Waals surface area contributed by atoms with Crippen LogP contribution in [-0.2, 0) is 6.42 Å². The van der Waals surface area contributed by atoms with E-state index in [0.717, 1.165) is 11.8 Å². The maximum absolute atomic E-state index is 4.06. The fourth-order valence-corrected chi connectivity index (χ4v) is 6.10. The number of benzene rings is 1. The van der Waals surface area contributed by atoms with E-state index < -0.39 is 0 Å². The molecule has 1 aromatic heterocycles. The first kappa shape index (κ1) is 16.0. The first-order valence-corrected chi connectivity index (χ1v) is 11.2. The summed E-state index contributed by atoms with van der Waals surface area (Å²) < 4.78 is 0. The lowest BCUT2D eigenvalue weighted by atomic mass is 9.72. The van der Waals surface area contributed by atoms with Gasteiger partial charge in [0.2, 0.25) is 0 Å². The third-order valence-electron chi connectivity index (χ3n) is 6.62. The smallest absolute Gasteiger partial charge is 0.0464 e. The fourth-order valence-electron chi connectivity index (χ4n) is 5.39. The molecule has 2 aromatic rings. The molecule has 0 amide bonds. The molecule has 3 atom stereocenters. The second-order valence-electron chi connectivity index (χ2n) is 8.32. The second-order valence-corrected chi connectivity index (χ2v) is 9.23. The summed E-state index contributed by atoms with van der Waals surface area (Å²) in [5, 5.41) is 1.51. The number of hydrogen-bond donors (Lipinski definition) is 1. The van der Waals surface area contributed by atoms with Crippen LogP contribution < -0.4 is 0 Å². The van der Waals surface area contributed by atoms with Gasteiger partial charge in [0.15, 0.2) is 0 Å². The van der Waals surface area contributed by atoms with Crippen molar-refractivity contribution in [3.63, 3.8) is 0 Å². The molecule has 2 heterocycles. The van der Waals surface area contributed by atoms with Crippen LogP contribution in [0.25, 0.3) is 17.0 Å². The molecular weight excluding hydrogens is 324 g/mol. The second kappa shape index (κ2) is 6.21. The number of rotatable bonds is 5. The van der Waals surface area contributed by atoms with Gasteiger partial charge in [0.25, 0.3) is 0 Å². The van der Waals surface area contributed by atoms with Crippen molar-refractivity contribution in [1.29, 1.82) is 0 Å². The highest BCUT2D eigenvalue weighted by Gasteiger charge is 2.42. The normalized spacial score (nSPS) is 28.9. The van der Waals surface area contributed by atoms with Crippen molar-refractivity contribution in [2.45, 2.75) is 37.6 Å². The molecule has 1 unspecified atom stereocenters. The maximum Gasteiger partial charge on any atom is 0.0464 e. The van der Waals surface area contributed by atoms with Crippen LogP contribution in [0.5, 0.6) is 0 Å². The zero-order valence-corrected chi connectivity index (χ0v) is 15.9. The van der Waals surface area contributed by atoms with Crippen LogP contribution in [0.15, 0.2) is 24.8 Å². The van der Waals surface area contributed by atoms with Crippen molar-refractivity contribution in [2.75, 3.05) is 25.1 Å². The number of aromatic nitrogens is 1. The Morgan fingerprint density at radius 3 is 2.96 bits per heavy atom. The molecule has 5 rings (SSSR count). The van der Waals surface area contributed by atoms with Crippen LogP contribution in [0.3, 0.4) is 0 Å². The van der Waals surface area contributed by atoms with E-state index in [9.17, 15) is 0 Å². The number of nitrogens with zero attached hydrogens (tertiary/aromatic N) is 1. The summed E-state index contributed by atoms with van der Waals surface area (Å²) >= 11 is 2.02. The van der Waals surface area contributed by atoms with Crippen molar-refractivity contribution in [2.24, 2.45) is 11.8 Å². The molecule has 132 valence electrons. The van der Waals surface area contributed by atoms with Gasteiger partial charge in [0.05, 0.1) is 0 Å². The number of fused-ring (bicyclic) bond motifs is 2. The lowest BCUT2D eigenvalue weighted by molar-refractivity contribution is 0.0877. The molecule has 2 nitrogen and oxygen atoms in total. The molecular formula is C22H28N2S. The first-order chi connectivity index (χ1) is 12.3. The summed E-state index contributed by atoms with van der Waals surface area (Å²) in [7, 11) is 0. The standard InChI is InChI=1S/C22H28N2S/c1-3-19-18-10-21-17(16-5-4-6-20(23-19)22(16)18)9-15(13-25-2)12-24(21)11-14-7-8-14/h3-6,14-15,17,21,23H,1,7-13H2,2H3/t15-,17?,21-/m1/s1. The molecule has 2 aliphatic carbocycles. The SMILES string of the molecule is C=Cc1[nH]c2cccc3c2c1C[C@@H]1C3C[C@@H](CSC)CN1CC1CC1. The Kier molecular flexibility index (Phi) is 3.98. The van der Waals surface area contributed by atoms with Gasteiger partial charge in [-0.05, 0) is 72.8 Å². The molecule has 1 saturated heterocycles. The molecule has 0 spiro atoms. The summed E-state index contributed by atoms with van der Waals surface area (Å²) in [4.78, 5) is 6.49. The van der Waals surface area contributed by atoms with Crippen molar-refractivity contribution in [3.05, 3.63) is 41.6 Å². The van der Waals surface area contributed by atoms with Gasteiger partial charge in [-0.3, -0.25) is 4.90 Å². The van der Waals surface area contributed by atoms with Crippen LogP contribution in [0, 0.1) is 11.8 Å². The van der Waals surface area contributed by atoms with E-state index >= 15 is 0 Å². The van der Waals surface area contributed by atoms with Gasteiger partial charge in [-0.2, -0.15) is 11.8 Å². The zero-order valence-electron chi connectivity index (χ0n) is 15.1. The van der Waals surface area contributed by atoms with Gasteiger partial charge in [0.1, 0.15) is 0 Å². The van der Waals surface area contributed by atoms with Crippen LogP contribution in [0.2, 0.25) is 0 Å². The van der Waals surface area contributed by atoms with Crippen molar-refractivity contribution in [1.82, 2.24) is 9.88 Å². The maximum atomic E-state index is 4.06. The highest BCUT2D eigenvalue weighted by Crippen LogP contribution is 2.47. The highest BCUT2D eigenvalue weighted by atomic mass is 32.2. The van der Waals surface area contributed by atoms with Crippen LogP contribution >= 0.6 is 11.8 Å². The highest BCUT2D eigenvalue weighted by molar-refractivity contribution is 7.98. The molecule has 0 radical (unpaired) electrons. The molecule has 3 heteroatoms. The minimum absolute atomic E-state index is 0.686. The van der Waals surface area contributed by atoms with Gasteiger partial charge >= 0.3 is 0 Å². The summed E-state index contributed by atoms with van der Waals surface area (Å²) in [5.74, 6) is 3.81. The molecule has 1 N–H and O–H groups in total. The average molecular weight is 353 g/mol. The van der Waals surface area contributed by atoms with Gasteiger partial charge < -0.3 is 4.98 Å². The van der Waals surface area contributed by atoms with E-state index in [1.807, 2.05) is 17.8 Å². The number of piperidine rings is 1. The minimum Gasteiger partial charge on any atom is -0.355 e. The molecule has 0 bridgehead atoms. The monoisotopic (exact) mass is 352 g/mol. The van der Waals surface area contributed by atoms with Crippen molar-refractivity contribution >= 4 is 28.7 Å². The Bertz CT molecular complexity index is 804. The predicted octanol–water partition coefficient (Wildman–Crippen LogP) is 4.91. The fraction of sp³-hybridized carbons (Fsp3) is 0.545. The first-order valence-electron chi connectivity index (χ1n) is 9.77. The number of hydrogen-bond acceptors (Lipinski definition) is 2.